The molecule has 2 aromatic carbocycles. The maximum absolute atomic E-state index is 12.7. The molecule has 4 rings (SSSR count). The molecule has 11 heteroatoms. The molecule has 1 amide bonds. The van der Waals surface area contributed by atoms with Crippen molar-refractivity contribution in [3.8, 4) is 28.4 Å². The van der Waals surface area contributed by atoms with Gasteiger partial charge in [0.1, 0.15) is 12.3 Å². The van der Waals surface area contributed by atoms with Crippen molar-refractivity contribution in [3.05, 3.63) is 64.2 Å². The maximum atomic E-state index is 12.7. The molecule has 2 N–H and O–H groups in total. The number of halogens is 2. The molecular weight excluding hydrogens is 456 g/mol. The zero-order chi connectivity index (χ0) is 22.7. The summed E-state index contributed by atoms with van der Waals surface area (Å²) in [6, 6.07) is 14.0. The number of carbonyl (C=O) groups is 1. The molecule has 2 heterocycles. The lowest BCUT2D eigenvalue weighted by Gasteiger charge is -2.08. The van der Waals surface area contributed by atoms with Gasteiger partial charge in [-0.1, -0.05) is 42.0 Å². The fraction of sp³-hybridized carbons (Fsp3) is 0.143. The first kappa shape index (κ1) is 21.8. The topological polar surface area (TPSA) is 84.8 Å². The molecule has 4 aromatic rings. The summed E-state index contributed by atoms with van der Waals surface area (Å²) in [5, 5.41) is 11.6. The van der Waals surface area contributed by atoms with Crippen molar-refractivity contribution in [1.82, 2.24) is 19.7 Å². The Morgan fingerprint density at radius 2 is 2.00 bits per heavy atom. The quantitative estimate of drug-likeness (QED) is 0.357. The van der Waals surface area contributed by atoms with Gasteiger partial charge in [-0.25, -0.2) is 4.98 Å². The molecule has 0 bridgehead atoms. The van der Waals surface area contributed by atoms with E-state index in [9.17, 15) is 13.6 Å². The predicted octanol–water partition coefficient (Wildman–Crippen LogP) is 5.28. The standard InChI is InChI=1S/C21H17F2N5O2S2/c1-12-6-8-13(9-7-12)18-26-27-21(31)28(18)10-17(29)25-20-24-15(11-32-20)14-4-2-3-5-16(14)30-19(22)23/h2-9,11,19H,10H2,1H3,(H,27,31)(H,24,25,29). The first-order valence-corrected chi connectivity index (χ1v) is 10.7. The Hall–Kier alpha value is -3.44. The van der Waals surface area contributed by atoms with Crippen LogP contribution in [0.15, 0.2) is 53.9 Å². The van der Waals surface area contributed by atoms with Gasteiger partial charge in [-0.15, -0.1) is 11.3 Å². The molecule has 0 unspecified atom stereocenters. The third-order valence-corrected chi connectivity index (χ3v) is 5.57. The SMILES string of the molecule is Cc1ccc(-c2n[nH]c(=S)n2CC(=O)Nc2nc(-c3ccccc3OC(F)F)cs2)cc1. The molecule has 32 heavy (non-hydrogen) atoms. The number of aryl methyl sites for hydroxylation is 1. The molecule has 0 aliphatic heterocycles. The molecule has 0 radical (unpaired) electrons. The summed E-state index contributed by atoms with van der Waals surface area (Å²) < 4.78 is 31.8. The summed E-state index contributed by atoms with van der Waals surface area (Å²) in [6.07, 6.45) is 0. The van der Waals surface area contributed by atoms with Crippen LogP contribution in [0.2, 0.25) is 0 Å². The summed E-state index contributed by atoms with van der Waals surface area (Å²) >= 11 is 6.45. The number of aromatic nitrogens is 4. The highest BCUT2D eigenvalue weighted by Gasteiger charge is 2.16. The van der Waals surface area contributed by atoms with Crippen LogP contribution in [0.25, 0.3) is 22.6 Å². The molecule has 2 aromatic heterocycles. The van der Waals surface area contributed by atoms with Crippen molar-refractivity contribution < 1.29 is 18.3 Å². The van der Waals surface area contributed by atoms with Crippen molar-refractivity contribution in [3.63, 3.8) is 0 Å². The number of rotatable bonds is 7. The van der Waals surface area contributed by atoms with Gasteiger partial charge in [0.25, 0.3) is 0 Å². The van der Waals surface area contributed by atoms with Crippen LogP contribution in [0.4, 0.5) is 13.9 Å². The van der Waals surface area contributed by atoms with Crippen LogP contribution >= 0.6 is 23.6 Å². The van der Waals surface area contributed by atoms with Crippen molar-refractivity contribution in [2.45, 2.75) is 20.1 Å². The Balaban J connectivity index is 1.50. The van der Waals surface area contributed by atoms with Crippen molar-refractivity contribution in [2.75, 3.05) is 5.32 Å². The number of nitrogens with zero attached hydrogens (tertiary/aromatic N) is 3. The van der Waals surface area contributed by atoms with E-state index in [0.717, 1.165) is 11.1 Å². The van der Waals surface area contributed by atoms with Crippen LogP contribution in [-0.2, 0) is 11.3 Å². The van der Waals surface area contributed by atoms with Gasteiger partial charge in [0, 0.05) is 16.5 Å². The molecule has 0 aliphatic carbocycles. The molecule has 0 spiro atoms. The minimum atomic E-state index is -2.95. The van der Waals surface area contributed by atoms with E-state index >= 15 is 0 Å². The second-order valence-electron chi connectivity index (χ2n) is 6.77. The summed E-state index contributed by atoms with van der Waals surface area (Å²) in [4.78, 5) is 17.0. The van der Waals surface area contributed by atoms with Gasteiger partial charge in [0.15, 0.2) is 15.7 Å². The average Bonchev–Trinajstić information content (AvgIpc) is 3.36. The van der Waals surface area contributed by atoms with Crippen molar-refractivity contribution >= 4 is 34.6 Å². The number of hydrogen-bond acceptors (Lipinski definition) is 6. The third kappa shape index (κ3) is 4.89. The lowest BCUT2D eigenvalue weighted by Crippen LogP contribution is -2.19. The zero-order valence-corrected chi connectivity index (χ0v) is 18.3. The first-order valence-electron chi connectivity index (χ1n) is 9.42. The van der Waals surface area contributed by atoms with Gasteiger partial charge in [-0.05, 0) is 31.3 Å². The number of para-hydroxylation sites is 1. The lowest BCUT2D eigenvalue weighted by atomic mass is 10.1. The van der Waals surface area contributed by atoms with E-state index in [-0.39, 0.29) is 18.2 Å². The Labute approximate surface area is 190 Å². The number of alkyl halides is 2. The number of aromatic amines is 1. The minimum absolute atomic E-state index is 0.0121. The Morgan fingerprint density at radius 1 is 1.25 bits per heavy atom. The van der Waals surface area contributed by atoms with Crippen molar-refractivity contribution in [2.24, 2.45) is 0 Å². The number of H-pyrrole nitrogens is 1. The van der Waals surface area contributed by atoms with Crippen LogP contribution in [0, 0.1) is 11.7 Å². The normalized spacial score (nSPS) is 11.0. The number of benzene rings is 2. The Bertz CT molecular complexity index is 1300. The molecule has 0 atom stereocenters. The summed E-state index contributed by atoms with van der Waals surface area (Å²) in [6.45, 7) is -1.04. The third-order valence-electron chi connectivity index (χ3n) is 4.50. The number of hydrogen-bond donors (Lipinski definition) is 2. The van der Waals surface area contributed by atoms with Crippen molar-refractivity contribution in [1.29, 1.82) is 0 Å². The van der Waals surface area contributed by atoms with Crippen LogP contribution in [0.1, 0.15) is 5.56 Å². The van der Waals surface area contributed by atoms with E-state index in [1.54, 1.807) is 28.1 Å². The fourth-order valence-corrected chi connectivity index (χ4v) is 3.95. The first-order chi connectivity index (χ1) is 15.4. The van der Waals surface area contributed by atoms with Gasteiger partial charge >= 0.3 is 6.61 Å². The van der Waals surface area contributed by atoms with E-state index in [0.29, 0.717) is 27.0 Å². The van der Waals surface area contributed by atoms with Gasteiger partial charge in [0.2, 0.25) is 5.91 Å². The number of nitrogens with one attached hydrogen (secondary N) is 2. The van der Waals surface area contributed by atoms with E-state index in [1.165, 1.54) is 17.4 Å². The van der Waals surface area contributed by atoms with Crippen LogP contribution in [-0.4, -0.2) is 32.3 Å². The van der Waals surface area contributed by atoms with Crippen LogP contribution in [0.5, 0.6) is 5.75 Å². The van der Waals surface area contributed by atoms with Gasteiger partial charge < -0.3 is 10.1 Å². The average molecular weight is 474 g/mol. The maximum Gasteiger partial charge on any atom is 0.387 e. The number of amides is 1. The Morgan fingerprint density at radius 3 is 2.75 bits per heavy atom. The molecule has 7 nitrogen and oxygen atoms in total. The summed E-state index contributed by atoms with van der Waals surface area (Å²) in [7, 11) is 0. The number of thiazole rings is 1. The lowest BCUT2D eigenvalue weighted by molar-refractivity contribution is -0.116. The van der Waals surface area contributed by atoms with Crippen LogP contribution < -0.4 is 10.1 Å². The van der Waals surface area contributed by atoms with Crippen LogP contribution in [0.3, 0.4) is 0 Å². The highest BCUT2D eigenvalue weighted by atomic mass is 32.1. The predicted molar refractivity (Wildman–Crippen MR) is 120 cm³/mol. The number of carbonyl (C=O) groups excluding carboxylic acids is 1. The van der Waals surface area contributed by atoms with Gasteiger partial charge in [0.05, 0.1) is 5.69 Å². The minimum Gasteiger partial charge on any atom is -0.434 e. The molecule has 164 valence electrons. The number of ether oxygens (including phenoxy) is 1. The number of anilines is 1. The molecule has 0 saturated carbocycles. The van der Waals surface area contributed by atoms with Gasteiger partial charge in [-0.3, -0.25) is 14.5 Å². The van der Waals surface area contributed by atoms with E-state index in [4.69, 9.17) is 12.2 Å². The highest BCUT2D eigenvalue weighted by Crippen LogP contribution is 2.33. The fourth-order valence-electron chi connectivity index (χ4n) is 3.02. The second-order valence-corrected chi connectivity index (χ2v) is 8.01. The molecule has 0 saturated heterocycles. The van der Waals surface area contributed by atoms with Gasteiger partial charge in [-0.2, -0.15) is 13.9 Å². The summed E-state index contributed by atoms with van der Waals surface area (Å²) in [5.41, 5.74) is 2.75. The highest BCUT2D eigenvalue weighted by molar-refractivity contribution is 7.71. The van der Waals surface area contributed by atoms with E-state index in [1.807, 2.05) is 31.2 Å². The van der Waals surface area contributed by atoms with E-state index in [2.05, 4.69) is 25.2 Å². The molecule has 0 aliphatic rings. The zero-order valence-electron chi connectivity index (χ0n) is 16.7. The molecular formula is C21H17F2N5O2S2. The largest absolute Gasteiger partial charge is 0.434 e. The Kier molecular flexibility index (Phi) is 6.37. The second kappa shape index (κ2) is 9.37. The summed E-state index contributed by atoms with van der Waals surface area (Å²) in [5.74, 6) is 0.204. The molecule has 0 fully saturated rings. The smallest absolute Gasteiger partial charge is 0.387 e. The monoisotopic (exact) mass is 473 g/mol. The van der Waals surface area contributed by atoms with E-state index < -0.39 is 6.61 Å².